The molecule has 0 radical (unpaired) electrons. The Balaban J connectivity index is 2.60. The van der Waals surface area contributed by atoms with E-state index >= 15 is 0 Å². The van der Waals surface area contributed by atoms with E-state index in [1.165, 1.54) is 6.07 Å². The molecule has 0 saturated carbocycles. The minimum atomic E-state index is -4.56. The van der Waals surface area contributed by atoms with Gasteiger partial charge in [0.1, 0.15) is 11.9 Å². The SMILES string of the molecule is N[C@@H](c1c[nH]c2cc(Br)c(F)cc12)C(F)(F)F. The van der Waals surface area contributed by atoms with Crippen molar-refractivity contribution in [3.05, 3.63) is 34.2 Å². The Labute approximate surface area is 102 Å². The van der Waals surface area contributed by atoms with Gasteiger partial charge in [-0.3, -0.25) is 0 Å². The van der Waals surface area contributed by atoms with Gasteiger partial charge in [-0.15, -0.1) is 0 Å². The van der Waals surface area contributed by atoms with Gasteiger partial charge in [0.25, 0.3) is 0 Å². The summed E-state index contributed by atoms with van der Waals surface area (Å²) < 4.78 is 50.9. The average molecular weight is 311 g/mol. The Morgan fingerprint density at radius 3 is 2.53 bits per heavy atom. The molecule has 0 spiro atoms. The fourth-order valence-electron chi connectivity index (χ4n) is 1.57. The molecular formula is C10H7BrF4N2. The summed E-state index contributed by atoms with van der Waals surface area (Å²) in [5, 5.41) is 0.135. The van der Waals surface area contributed by atoms with Gasteiger partial charge < -0.3 is 10.7 Å². The molecule has 92 valence electrons. The molecule has 1 atom stereocenters. The average Bonchev–Trinajstić information content (AvgIpc) is 2.59. The predicted octanol–water partition coefficient (Wildman–Crippen LogP) is 3.63. The molecule has 0 aliphatic carbocycles. The molecular weight excluding hydrogens is 304 g/mol. The van der Waals surface area contributed by atoms with Crippen molar-refractivity contribution in [2.24, 2.45) is 5.73 Å². The lowest BCUT2D eigenvalue weighted by Gasteiger charge is -2.14. The number of aromatic amines is 1. The topological polar surface area (TPSA) is 41.8 Å². The van der Waals surface area contributed by atoms with Crippen molar-refractivity contribution in [2.45, 2.75) is 12.2 Å². The highest BCUT2D eigenvalue weighted by Crippen LogP contribution is 2.35. The maximum Gasteiger partial charge on any atom is 0.407 e. The zero-order chi connectivity index (χ0) is 12.8. The maximum absolute atomic E-state index is 13.3. The molecule has 17 heavy (non-hydrogen) atoms. The lowest BCUT2D eigenvalue weighted by Crippen LogP contribution is -2.28. The second kappa shape index (κ2) is 3.99. The van der Waals surface area contributed by atoms with Crippen molar-refractivity contribution >= 4 is 26.8 Å². The van der Waals surface area contributed by atoms with Gasteiger partial charge in [-0.05, 0) is 28.1 Å². The number of benzene rings is 1. The number of fused-ring (bicyclic) bond motifs is 1. The van der Waals surface area contributed by atoms with E-state index < -0.39 is 18.0 Å². The first-order chi connectivity index (χ1) is 7.80. The van der Waals surface area contributed by atoms with Crippen molar-refractivity contribution in [1.29, 1.82) is 0 Å². The zero-order valence-electron chi connectivity index (χ0n) is 8.28. The highest BCUT2D eigenvalue weighted by molar-refractivity contribution is 9.10. The van der Waals surface area contributed by atoms with Crippen LogP contribution in [0.5, 0.6) is 0 Å². The number of H-pyrrole nitrogens is 1. The van der Waals surface area contributed by atoms with Crippen LogP contribution in [-0.2, 0) is 0 Å². The minimum Gasteiger partial charge on any atom is -0.361 e. The van der Waals surface area contributed by atoms with E-state index in [1.54, 1.807) is 0 Å². The molecule has 0 saturated heterocycles. The van der Waals surface area contributed by atoms with Gasteiger partial charge in [-0.1, -0.05) is 0 Å². The Hall–Kier alpha value is -1.08. The third kappa shape index (κ3) is 2.16. The van der Waals surface area contributed by atoms with Gasteiger partial charge in [0, 0.05) is 22.7 Å². The molecule has 0 amide bonds. The van der Waals surface area contributed by atoms with Crippen molar-refractivity contribution in [1.82, 2.24) is 4.98 Å². The van der Waals surface area contributed by atoms with E-state index in [-0.39, 0.29) is 15.4 Å². The summed E-state index contributed by atoms with van der Waals surface area (Å²) in [5.74, 6) is -0.632. The van der Waals surface area contributed by atoms with Crippen molar-refractivity contribution < 1.29 is 17.6 Å². The van der Waals surface area contributed by atoms with Crippen LogP contribution in [0.15, 0.2) is 22.8 Å². The van der Waals surface area contributed by atoms with Gasteiger partial charge in [0.15, 0.2) is 0 Å². The van der Waals surface area contributed by atoms with Crippen molar-refractivity contribution in [3.8, 4) is 0 Å². The summed E-state index contributed by atoms with van der Waals surface area (Å²) >= 11 is 2.95. The Bertz CT molecular complexity index is 561. The summed E-state index contributed by atoms with van der Waals surface area (Å²) in [6.45, 7) is 0. The smallest absolute Gasteiger partial charge is 0.361 e. The van der Waals surface area contributed by atoms with Crippen LogP contribution in [0.4, 0.5) is 17.6 Å². The van der Waals surface area contributed by atoms with Crippen LogP contribution in [0.25, 0.3) is 10.9 Å². The van der Waals surface area contributed by atoms with Gasteiger partial charge in [0.05, 0.1) is 4.47 Å². The van der Waals surface area contributed by atoms with Crippen LogP contribution in [-0.4, -0.2) is 11.2 Å². The predicted molar refractivity (Wildman–Crippen MR) is 58.9 cm³/mol. The fourth-order valence-corrected chi connectivity index (χ4v) is 1.92. The summed E-state index contributed by atoms with van der Waals surface area (Å²) in [7, 11) is 0. The number of nitrogens with one attached hydrogen (secondary N) is 1. The molecule has 2 aromatic rings. The molecule has 0 bridgehead atoms. The molecule has 3 N–H and O–H groups in total. The molecule has 1 aromatic carbocycles. The second-order valence-corrected chi connectivity index (χ2v) is 4.43. The molecule has 2 nitrogen and oxygen atoms in total. The molecule has 0 aliphatic heterocycles. The van der Waals surface area contributed by atoms with Gasteiger partial charge in [-0.2, -0.15) is 13.2 Å². The van der Waals surface area contributed by atoms with Gasteiger partial charge >= 0.3 is 6.18 Å². The van der Waals surface area contributed by atoms with Crippen LogP contribution in [0.2, 0.25) is 0 Å². The first-order valence-electron chi connectivity index (χ1n) is 4.59. The van der Waals surface area contributed by atoms with Crippen LogP contribution in [0, 0.1) is 5.82 Å². The lowest BCUT2D eigenvalue weighted by molar-refractivity contribution is -0.148. The van der Waals surface area contributed by atoms with E-state index in [0.29, 0.717) is 5.52 Å². The molecule has 1 aromatic heterocycles. The van der Waals surface area contributed by atoms with Gasteiger partial charge in [-0.25, -0.2) is 4.39 Å². The normalized spacial score (nSPS) is 14.2. The summed E-state index contributed by atoms with van der Waals surface area (Å²) in [5.41, 5.74) is 5.32. The highest BCUT2D eigenvalue weighted by atomic mass is 79.9. The van der Waals surface area contributed by atoms with Crippen molar-refractivity contribution in [2.75, 3.05) is 0 Å². The van der Waals surface area contributed by atoms with E-state index in [2.05, 4.69) is 20.9 Å². The number of hydrogen-bond donors (Lipinski definition) is 2. The minimum absolute atomic E-state index is 0.135. The largest absolute Gasteiger partial charge is 0.407 e. The van der Waals surface area contributed by atoms with Crippen molar-refractivity contribution in [3.63, 3.8) is 0 Å². The zero-order valence-corrected chi connectivity index (χ0v) is 9.86. The first-order valence-corrected chi connectivity index (χ1v) is 5.38. The third-order valence-corrected chi connectivity index (χ3v) is 3.05. The number of alkyl halides is 3. The maximum atomic E-state index is 13.3. The fraction of sp³-hybridized carbons (Fsp3) is 0.200. The van der Waals surface area contributed by atoms with E-state index in [9.17, 15) is 17.6 Å². The summed E-state index contributed by atoms with van der Waals surface area (Å²) in [6, 6.07) is 0.269. The highest BCUT2D eigenvalue weighted by Gasteiger charge is 2.39. The molecule has 2 rings (SSSR count). The first kappa shape index (κ1) is 12.4. The third-order valence-electron chi connectivity index (χ3n) is 2.44. The molecule has 0 unspecified atom stereocenters. The van der Waals surface area contributed by atoms with Crippen LogP contribution >= 0.6 is 15.9 Å². The van der Waals surface area contributed by atoms with E-state index in [1.807, 2.05) is 0 Å². The Morgan fingerprint density at radius 1 is 1.29 bits per heavy atom. The molecule has 0 fully saturated rings. The standard InChI is InChI=1S/C10H7BrF4N2/c11-6-2-8-4(1-7(6)12)5(3-17-8)9(16)10(13,14)15/h1-3,9,17H,16H2/t9-/m0/s1. The van der Waals surface area contributed by atoms with E-state index in [4.69, 9.17) is 5.73 Å². The summed E-state index contributed by atoms with van der Waals surface area (Å²) in [4.78, 5) is 2.63. The lowest BCUT2D eigenvalue weighted by atomic mass is 10.1. The second-order valence-electron chi connectivity index (χ2n) is 3.58. The monoisotopic (exact) mass is 310 g/mol. The molecule has 0 aliphatic rings. The molecule has 1 heterocycles. The van der Waals surface area contributed by atoms with Crippen LogP contribution < -0.4 is 5.73 Å². The summed E-state index contributed by atoms with van der Waals surface area (Å²) in [6.07, 6.45) is -3.41. The Morgan fingerprint density at radius 2 is 1.94 bits per heavy atom. The number of nitrogens with two attached hydrogens (primary N) is 1. The quantitative estimate of drug-likeness (QED) is 0.776. The number of rotatable bonds is 1. The number of halogens is 5. The van der Waals surface area contributed by atoms with Crippen LogP contribution in [0.1, 0.15) is 11.6 Å². The van der Waals surface area contributed by atoms with Crippen LogP contribution in [0.3, 0.4) is 0 Å². The van der Waals surface area contributed by atoms with E-state index in [0.717, 1.165) is 12.3 Å². The van der Waals surface area contributed by atoms with Gasteiger partial charge in [0.2, 0.25) is 0 Å². The molecule has 7 heteroatoms. The number of hydrogen-bond acceptors (Lipinski definition) is 1. The number of aromatic nitrogens is 1. The Kier molecular flexibility index (Phi) is 2.90.